The monoisotopic (exact) mass is 256 g/mol. The predicted octanol–water partition coefficient (Wildman–Crippen LogP) is 1.41. The van der Waals surface area contributed by atoms with Gasteiger partial charge in [-0.05, 0) is 19.3 Å². The van der Waals surface area contributed by atoms with Crippen molar-refractivity contribution in [1.82, 2.24) is 5.32 Å². The third-order valence-electron chi connectivity index (χ3n) is 3.68. The Labute approximate surface area is 108 Å². The van der Waals surface area contributed by atoms with Gasteiger partial charge in [0.05, 0.1) is 6.04 Å². The predicted molar refractivity (Wildman–Crippen MR) is 69.1 cm³/mol. The minimum absolute atomic E-state index is 0.326. The molecule has 0 heterocycles. The summed E-state index contributed by atoms with van der Waals surface area (Å²) in [5.74, 6) is -1.26. The summed E-state index contributed by atoms with van der Waals surface area (Å²) in [5, 5.41) is 12.0. The van der Waals surface area contributed by atoms with Gasteiger partial charge in [-0.25, -0.2) is 4.79 Å². The van der Waals surface area contributed by atoms with Crippen LogP contribution in [0.3, 0.4) is 0 Å². The van der Waals surface area contributed by atoms with Crippen LogP contribution in [0, 0.1) is 0 Å². The summed E-state index contributed by atoms with van der Waals surface area (Å²) in [6, 6.07) is -0.594. The van der Waals surface area contributed by atoms with Crippen LogP contribution >= 0.6 is 0 Å². The molecule has 1 atom stereocenters. The zero-order chi connectivity index (χ0) is 13.6. The van der Waals surface area contributed by atoms with E-state index in [1.807, 2.05) is 6.92 Å². The molecule has 1 aliphatic carbocycles. The number of rotatable bonds is 6. The second-order valence-corrected chi connectivity index (χ2v) is 5.19. The minimum atomic E-state index is -1.08. The number of carbonyl (C=O) groups excluding carboxylic acids is 1. The highest BCUT2D eigenvalue weighted by molar-refractivity contribution is 5.89. The molecule has 4 N–H and O–H groups in total. The van der Waals surface area contributed by atoms with Crippen molar-refractivity contribution in [1.29, 1.82) is 0 Å². The first kappa shape index (κ1) is 15.0. The van der Waals surface area contributed by atoms with Gasteiger partial charge in [-0.15, -0.1) is 0 Å². The third-order valence-corrected chi connectivity index (χ3v) is 3.68. The molecule has 0 aliphatic heterocycles. The van der Waals surface area contributed by atoms with E-state index < -0.39 is 17.6 Å². The molecule has 5 heteroatoms. The quantitative estimate of drug-likeness (QED) is 0.670. The Morgan fingerprint density at radius 2 is 1.94 bits per heavy atom. The van der Waals surface area contributed by atoms with Gasteiger partial charge in [0.25, 0.3) is 0 Å². The average Bonchev–Trinajstić information content (AvgIpc) is 2.36. The fourth-order valence-corrected chi connectivity index (χ4v) is 2.43. The number of amides is 1. The van der Waals surface area contributed by atoms with Gasteiger partial charge in [0.1, 0.15) is 5.54 Å². The fourth-order valence-electron chi connectivity index (χ4n) is 2.43. The van der Waals surface area contributed by atoms with Crippen LogP contribution in [0.2, 0.25) is 0 Å². The van der Waals surface area contributed by atoms with Crippen molar-refractivity contribution in [3.8, 4) is 0 Å². The fraction of sp³-hybridized carbons (Fsp3) is 0.846. The number of hydrogen-bond acceptors (Lipinski definition) is 3. The zero-order valence-corrected chi connectivity index (χ0v) is 11.1. The second-order valence-electron chi connectivity index (χ2n) is 5.19. The molecule has 0 radical (unpaired) electrons. The largest absolute Gasteiger partial charge is 0.480 e. The van der Waals surface area contributed by atoms with Crippen molar-refractivity contribution in [3.63, 3.8) is 0 Å². The van der Waals surface area contributed by atoms with E-state index in [1.54, 1.807) is 0 Å². The lowest BCUT2D eigenvalue weighted by Gasteiger charge is -2.34. The lowest BCUT2D eigenvalue weighted by molar-refractivity contribution is -0.149. The minimum Gasteiger partial charge on any atom is -0.480 e. The lowest BCUT2D eigenvalue weighted by atomic mass is 9.81. The molecule has 0 saturated heterocycles. The number of carboxylic acid groups (broad SMARTS) is 1. The molecular formula is C13H24N2O3. The van der Waals surface area contributed by atoms with Crippen LogP contribution in [0.15, 0.2) is 0 Å². The highest BCUT2D eigenvalue weighted by atomic mass is 16.4. The molecule has 1 aliphatic rings. The van der Waals surface area contributed by atoms with Crippen LogP contribution < -0.4 is 11.1 Å². The van der Waals surface area contributed by atoms with Crippen molar-refractivity contribution < 1.29 is 14.7 Å². The first-order valence-corrected chi connectivity index (χ1v) is 6.83. The van der Waals surface area contributed by atoms with Gasteiger partial charge in [0.15, 0.2) is 0 Å². The maximum Gasteiger partial charge on any atom is 0.329 e. The van der Waals surface area contributed by atoms with E-state index in [2.05, 4.69) is 5.32 Å². The zero-order valence-electron chi connectivity index (χ0n) is 11.1. The van der Waals surface area contributed by atoms with Crippen molar-refractivity contribution in [2.45, 2.75) is 69.9 Å². The summed E-state index contributed by atoms with van der Waals surface area (Å²) in [7, 11) is 0. The summed E-state index contributed by atoms with van der Waals surface area (Å²) in [4.78, 5) is 23.3. The SMILES string of the molecule is CCCC[C@H](N)C(=O)NC1(C(=O)O)CCCCC1. The van der Waals surface area contributed by atoms with Crippen molar-refractivity contribution >= 4 is 11.9 Å². The first-order valence-electron chi connectivity index (χ1n) is 6.83. The van der Waals surface area contributed by atoms with Crippen molar-refractivity contribution in [2.75, 3.05) is 0 Å². The first-order chi connectivity index (χ1) is 8.52. The molecular weight excluding hydrogens is 232 g/mol. The molecule has 0 aromatic carbocycles. The topological polar surface area (TPSA) is 92.4 Å². The van der Waals surface area contributed by atoms with E-state index in [9.17, 15) is 14.7 Å². The number of carboxylic acids is 1. The Bertz CT molecular complexity index is 299. The molecule has 0 bridgehead atoms. The van der Waals surface area contributed by atoms with Gasteiger partial charge < -0.3 is 16.2 Å². The third kappa shape index (κ3) is 3.70. The second kappa shape index (κ2) is 6.73. The summed E-state index contributed by atoms with van der Waals surface area (Å²) in [6.45, 7) is 2.03. The van der Waals surface area contributed by atoms with E-state index in [-0.39, 0.29) is 5.91 Å². The van der Waals surface area contributed by atoms with Gasteiger partial charge >= 0.3 is 5.97 Å². The summed E-state index contributed by atoms with van der Waals surface area (Å²) in [6.07, 6.45) is 6.21. The van der Waals surface area contributed by atoms with Gasteiger partial charge in [-0.3, -0.25) is 4.79 Å². The molecule has 1 fully saturated rings. The van der Waals surface area contributed by atoms with Gasteiger partial charge in [0, 0.05) is 0 Å². The Balaban J connectivity index is 2.60. The normalized spacial score (nSPS) is 20.1. The highest BCUT2D eigenvalue weighted by Gasteiger charge is 2.41. The number of carbonyl (C=O) groups is 2. The molecule has 5 nitrogen and oxygen atoms in total. The van der Waals surface area contributed by atoms with Crippen LogP contribution in [0.4, 0.5) is 0 Å². The molecule has 0 spiro atoms. The molecule has 0 aromatic heterocycles. The van der Waals surface area contributed by atoms with E-state index in [0.29, 0.717) is 19.3 Å². The van der Waals surface area contributed by atoms with Crippen molar-refractivity contribution in [3.05, 3.63) is 0 Å². The van der Waals surface area contributed by atoms with Crippen LogP contribution in [-0.2, 0) is 9.59 Å². The van der Waals surface area contributed by atoms with Crippen LogP contribution in [0.25, 0.3) is 0 Å². The van der Waals surface area contributed by atoms with E-state index in [0.717, 1.165) is 32.1 Å². The average molecular weight is 256 g/mol. The number of aliphatic carboxylic acids is 1. The van der Waals surface area contributed by atoms with Crippen LogP contribution in [0.1, 0.15) is 58.3 Å². The van der Waals surface area contributed by atoms with E-state index >= 15 is 0 Å². The Kier molecular flexibility index (Phi) is 5.59. The summed E-state index contributed by atoms with van der Waals surface area (Å²) in [5.41, 5.74) is 4.69. The number of unbranched alkanes of at least 4 members (excludes halogenated alkanes) is 1. The Hall–Kier alpha value is -1.10. The van der Waals surface area contributed by atoms with Crippen molar-refractivity contribution in [2.24, 2.45) is 5.73 Å². The highest BCUT2D eigenvalue weighted by Crippen LogP contribution is 2.28. The lowest BCUT2D eigenvalue weighted by Crippen LogP contribution is -2.59. The maximum absolute atomic E-state index is 11.9. The smallest absolute Gasteiger partial charge is 0.329 e. The summed E-state index contributed by atoms with van der Waals surface area (Å²) < 4.78 is 0. The molecule has 104 valence electrons. The molecule has 1 saturated carbocycles. The number of nitrogens with two attached hydrogens (primary N) is 1. The maximum atomic E-state index is 11.9. The number of nitrogens with one attached hydrogen (secondary N) is 1. The standard InChI is InChI=1S/C13H24N2O3/c1-2-3-7-10(14)11(16)15-13(12(17)18)8-5-4-6-9-13/h10H,2-9,14H2,1H3,(H,15,16)(H,17,18)/t10-/m0/s1. The molecule has 0 aromatic rings. The molecule has 18 heavy (non-hydrogen) atoms. The van der Waals surface area contributed by atoms with Gasteiger partial charge in [-0.1, -0.05) is 39.0 Å². The van der Waals surface area contributed by atoms with Crippen LogP contribution in [0.5, 0.6) is 0 Å². The van der Waals surface area contributed by atoms with E-state index in [1.165, 1.54) is 0 Å². The number of hydrogen-bond donors (Lipinski definition) is 3. The van der Waals surface area contributed by atoms with Crippen LogP contribution in [-0.4, -0.2) is 28.6 Å². The Morgan fingerprint density at radius 1 is 1.33 bits per heavy atom. The molecule has 1 rings (SSSR count). The Morgan fingerprint density at radius 3 is 2.44 bits per heavy atom. The molecule has 0 unspecified atom stereocenters. The summed E-state index contributed by atoms with van der Waals surface area (Å²) >= 11 is 0. The van der Waals surface area contributed by atoms with Gasteiger partial charge in [0.2, 0.25) is 5.91 Å². The van der Waals surface area contributed by atoms with Gasteiger partial charge in [-0.2, -0.15) is 0 Å². The molecule has 1 amide bonds. The van der Waals surface area contributed by atoms with E-state index in [4.69, 9.17) is 5.73 Å².